The molecule has 0 amide bonds. The van der Waals surface area contributed by atoms with Gasteiger partial charge in [-0.05, 0) is 63.5 Å². The van der Waals surface area contributed by atoms with Crippen molar-refractivity contribution in [3.63, 3.8) is 0 Å². The van der Waals surface area contributed by atoms with E-state index in [9.17, 15) is 4.79 Å². The highest BCUT2D eigenvalue weighted by molar-refractivity contribution is 5.69. The molecule has 0 bridgehead atoms. The lowest BCUT2D eigenvalue weighted by Crippen LogP contribution is -2.31. The van der Waals surface area contributed by atoms with Crippen LogP contribution < -0.4 is 5.32 Å². The predicted molar refractivity (Wildman–Crippen MR) is 67.9 cm³/mol. The Morgan fingerprint density at radius 3 is 2.00 bits per heavy atom. The molecule has 0 unspecified atom stereocenters. The van der Waals surface area contributed by atoms with Crippen molar-refractivity contribution in [3.05, 3.63) is 0 Å². The Hall–Kier alpha value is -0.570. The van der Waals surface area contributed by atoms with Crippen LogP contribution in [0.15, 0.2) is 0 Å². The Bertz CT molecular complexity index is 241. The van der Waals surface area contributed by atoms with Gasteiger partial charge in [0.2, 0.25) is 0 Å². The van der Waals surface area contributed by atoms with Crippen LogP contribution in [0.2, 0.25) is 0 Å². The smallest absolute Gasteiger partial charge is 0.306 e. The molecule has 0 heterocycles. The molecular weight excluding hydrogens is 214 g/mol. The van der Waals surface area contributed by atoms with Crippen LogP contribution in [0.1, 0.15) is 51.4 Å². The monoisotopic (exact) mass is 239 g/mol. The van der Waals surface area contributed by atoms with Crippen molar-refractivity contribution in [1.29, 1.82) is 0 Å². The third kappa shape index (κ3) is 3.98. The molecule has 0 saturated heterocycles. The van der Waals surface area contributed by atoms with Gasteiger partial charge in [-0.1, -0.05) is 12.8 Å². The molecule has 3 heteroatoms. The maximum atomic E-state index is 10.8. The molecule has 2 saturated carbocycles. The first kappa shape index (κ1) is 12.9. The highest BCUT2D eigenvalue weighted by Crippen LogP contribution is 2.29. The van der Waals surface area contributed by atoms with Crippen LogP contribution in [0.25, 0.3) is 0 Å². The van der Waals surface area contributed by atoms with E-state index >= 15 is 0 Å². The van der Waals surface area contributed by atoms with E-state index in [0.29, 0.717) is 5.92 Å². The predicted octanol–water partition coefficient (Wildman–Crippen LogP) is 2.66. The van der Waals surface area contributed by atoms with Gasteiger partial charge in [0, 0.05) is 0 Å². The summed E-state index contributed by atoms with van der Waals surface area (Å²) in [5.74, 6) is 0.959. The van der Waals surface area contributed by atoms with Gasteiger partial charge in [0.25, 0.3) is 0 Å². The lowest BCUT2D eigenvalue weighted by molar-refractivity contribution is -0.143. The van der Waals surface area contributed by atoms with E-state index in [-0.39, 0.29) is 5.92 Å². The second-order valence-electron chi connectivity index (χ2n) is 5.86. The molecule has 0 spiro atoms. The lowest BCUT2D eigenvalue weighted by atomic mass is 9.82. The van der Waals surface area contributed by atoms with E-state index in [2.05, 4.69) is 5.32 Å². The molecule has 3 nitrogen and oxygen atoms in total. The van der Waals surface area contributed by atoms with E-state index in [1.54, 1.807) is 0 Å². The fourth-order valence-electron chi connectivity index (χ4n) is 3.32. The summed E-state index contributed by atoms with van der Waals surface area (Å²) in [6, 6.07) is 0. The summed E-state index contributed by atoms with van der Waals surface area (Å²) in [5.41, 5.74) is 0. The van der Waals surface area contributed by atoms with Gasteiger partial charge in [-0.3, -0.25) is 4.79 Å². The maximum absolute atomic E-state index is 10.8. The van der Waals surface area contributed by atoms with E-state index in [4.69, 9.17) is 5.11 Å². The molecule has 2 N–H and O–H groups in total. The second kappa shape index (κ2) is 6.39. The summed E-state index contributed by atoms with van der Waals surface area (Å²) in [4.78, 5) is 10.8. The van der Waals surface area contributed by atoms with Gasteiger partial charge in [0.15, 0.2) is 0 Å². The SMILES string of the molecule is O=C(O)C1CCC(CNCC2CCCC2)CC1. The number of carboxylic acids is 1. The second-order valence-corrected chi connectivity index (χ2v) is 5.86. The summed E-state index contributed by atoms with van der Waals surface area (Å²) in [6.45, 7) is 2.28. The topological polar surface area (TPSA) is 49.3 Å². The van der Waals surface area contributed by atoms with E-state index in [1.807, 2.05) is 0 Å². The van der Waals surface area contributed by atoms with Gasteiger partial charge in [-0.25, -0.2) is 0 Å². The summed E-state index contributed by atoms with van der Waals surface area (Å²) in [5, 5.41) is 12.5. The lowest BCUT2D eigenvalue weighted by Gasteiger charge is -2.26. The van der Waals surface area contributed by atoms with E-state index < -0.39 is 5.97 Å². The van der Waals surface area contributed by atoms with Crippen LogP contribution >= 0.6 is 0 Å². The Labute approximate surface area is 104 Å². The van der Waals surface area contributed by atoms with Crippen LogP contribution in [-0.2, 0) is 4.79 Å². The van der Waals surface area contributed by atoms with Gasteiger partial charge in [-0.2, -0.15) is 0 Å². The maximum Gasteiger partial charge on any atom is 0.306 e. The number of rotatable bonds is 5. The van der Waals surface area contributed by atoms with Gasteiger partial charge in [0.05, 0.1) is 5.92 Å². The van der Waals surface area contributed by atoms with Crippen molar-refractivity contribution in [2.75, 3.05) is 13.1 Å². The zero-order valence-electron chi connectivity index (χ0n) is 10.7. The van der Waals surface area contributed by atoms with Gasteiger partial charge in [-0.15, -0.1) is 0 Å². The number of aliphatic carboxylic acids is 1. The minimum atomic E-state index is -0.595. The Balaban J connectivity index is 1.56. The summed E-state index contributed by atoms with van der Waals surface area (Å²) < 4.78 is 0. The zero-order valence-corrected chi connectivity index (χ0v) is 10.7. The van der Waals surface area contributed by atoms with Crippen LogP contribution in [-0.4, -0.2) is 24.2 Å². The minimum absolute atomic E-state index is 0.0684. The molecular formula is C14H25NO2. The first-order valence-electron chi connectivity index (χ1n) is 7.19. The van der Waals surface area contributed by atoms with Crippen LogP contribution in [0, 0.1) is 17.8 Å². The average molecular weight is 239 g/mol. The molecule has 0 aromatic heterocycles. The third-order valence-electron chi connectivity index (χ3n) is 4.54. The Morgan fingerprint density at radius 1 is 0.941 bits per heavy atom. The first-order valence-corrected chi connectivity index (χ1v) is 7.19. The molecule has 2 fully saturated rings. The van der Waals surface area contributed by atoms with Crippen molar-refractivity contribution >= 4 is 5.97 Å². The van der Waals surface area contributed by atoms with Crippen molar-refractivity contribution in [2.24, 2.45) is 17.8 Å². The van der Waals surface area contributed by atoms with Crippen LogP contribution in [0.4, 0.5) is 0 Å². The third-order valence-corrected chi connectivity index (χ3v) is 4.54. The molecule has 2 aliphatic rings. The zero-order chi connectivity index (χ0) is 12.1. The first-order chi connectivity index (χ1) is 8.25. The largest absolute Gasteiger partial charge is 0.481 e. The molecule has 17 heavy (non-hydrogen) atoms. The Kier molecular flexibility index (Phi) is 4.84. The average Bonchev–Trinajstić information content (AvgIpc) is 2.83. The van der Waals surface area contributed by atoms with E-state index in [1.165, 1.54) is 32.2 Å². The number of hydrogen-bond donors (Lipinski definition) is 2. The quantitative estimate of drug-likeness (QED) is 0.775. The number of carboxylic acid groups (broad SMARTS) is 1. The molecule has 0 aromatic rings. The van der Waals surface area contributed by atoms with Crippen molar-refractivity contribution in [2.45, 2.75) is 51.4 Å². The molecule has 2 rings (SSSR count). The Morgan fingerprint density at radius 2 is 1.47 bits per heavy atom. The standard InChI is InChI=1S/C14H25NO2/c16-14(17)13-7-5-12(6-8-13)10-15-9-11-3-1-2-4-11/h11-13,15H,1-10H2,(H,16,17). The normalized spacial score (nSPS) is 30.6. The molecule has 0 aromatic carbocycles. The highest BCUT2D eigenvalue weighted by atomic mass is 16.4. The summed E-state index contributed by atoms with van der Waals surface area (Å²) in [7, 11) is 0. The van der Waals surface area contributed by atoms with Crippen molar-refractivity contribution in [3.8, 4) is 0 Å². The molecule has 0 atom stereocenters. The number of hydrogen-bond acceptors (Lipinski definition) is 2. The van der Waals surface area contributed by atoms with Crippen molar-refractivity contribution in [1.82, 2.24) is 5.32 Å². The molecule has 0 aliphatic heterocycles. The number of carbonyl (C=O) groups is 1. The molecule has 98 valence electrons. The van der Waals surface area contributed by atoms with Gasteiger partial charge >= 0.3 is 5.97 Å². The summed E-state index contributed by atoms with van der Waals surface area (Å²) >= 11 is 0. The fourth-order valence-corrected chi connectivity index (χ4v) is 3.32. The fraction of sp³-hybridized carbons (Fsp3) is 0.929. The minimum Gasteiger partial charge on any atom is -0.481 e. The van der Waals surface area contributed by atoms with Gasteiger partial charge in [0.1, 0.15) is 0 Å². The molecule has 0 radical (unpaired) electrons. The van der Waals surface area contributed by atoms with E-state index in [0.717, 1.165) is 38.1 Å². The van der Waals surface area contributed by atoms with Gasteiger partial charge < -0.3 is 10.4 Å². The van der Waals surface area contributed by atoms with Crippen molar-refractivity contribution < 1.29 is 9.90 Å². The van der Waals surface area contributed by atoms with Crippen LogP contribution in [0.3, 0.4) is 0 Å². The summed E-state index contributed by atoms with van der Waals surface area (Å²) in [6.07, 6.45) is 9.57. The molecule has 2 aliphatic carbocycles. The highest BCUT2D eigenvalue weighted by Gasteiger charge is 2.25. The number of nitrogens with one attached hydrogen (secondary N) is 1. The van der Waals surface area contributed by atoms with Crippen LogP contribution in [0.5, 0.6) is 0 Å².